The molecule has 1 unspecified atom stereocenters. The van der Waals surface area contributed by atoms with Crippen molar-refractivity contribution in [3.05, 3.63) is 29.3 Å². The van der Waals surface area contributed by atoms with Gasteiger partial charge < -0.3 is 10.1 Å². The molecule has 1 saturated carbocycles. The summed E-state index contributed by atoms with van der Waals surface area (Å²) in [4.78, 5) is 18.4. The van der Waals surface area contributed by atoms with Gasteiger partial charge in [0.05, 0.1) is 11.1 Å². The third kappa shape index (κ3) is 1.75. The number of aromatic amines is 1. The summed E-state index contributed by atoms with van der Waals surface area (Å²) in [6.45, 7) is 2.06. The van der Waals surface area contributed by atoms with Gasteiger partial charge in [0.1, 0.15) is 17.2 Å². The fourth-order valence-electron chi connectivity index (χ4n) is 2.30. The molecule has 0 radical (unpaired) electrons. The van der Waals surface area contributed by atoms with Gasteiger partial charge >= 0.3 is 5.97 Å². The number of carboxylic acid groups (broad SMARTS) is 1. The third-order valence-electron chi connectivity index (χ3n) is 3.56. The third-order valence-corrected chi connectivity index (χ3v) is 3.56. The van der Waals surface area contributed by atoms with E-state index in [0.29, 0.717) is 17.0 Å². The van der Waals surface area contributed by atoms with E-state index in [2.05, 4.69) is 16.9 Å². The van der Waals surface area contributed by atoms with E-state index in [1.807, 2.05) is 0 Å². The summed E-state index contributed by atoms with van der Waals surface area (Å²) in [6, 6.07) is 2.30. The number of carbonyl (C=O) groups is 1. The highest BCUT2D eigenvalue weighted by atomic mass is 19.1. The lowest BCUT2D eigenvalue weighted by Crippen LogP contribution is -1.99. The number of carboxylic acids is 1. The number of benzene rings is 1. The molecule has 0 spiro atoms. The molecule has 1 fully saturated rings. The average Bonchev–Trinajstić information content (AvgIpc) is 3.07. The molecule has 2 aromatic rings. The van der Waals surface area contributed by atoms with Gasteiger partial charge in [-0.15, -0.1) is 0 Å². The van der Waals surface area contributed by atoms with E-state index in [0.717, 1.165) is 11.9 Å². The minimum absolute atomic E-state index is 0.0875. The number of H-pyrrole nitrogens is 1. The number of imidazole rings is 1. The second kappa shape index (κ2) is 3.80. The summed E-state index contributed by atoms with van der Waals surface area (Å²) in [6.07, 6.45) is 2.36. The molecule has 18 heavy (non-hydrogen) atoms. The summed E-state index contributed by atoms with van der Waals surface area (Å²) in [5.74, 6) is -0.0859. The molecule has 0 bridgehead atoms. The number of halogens is 1. The first-order chi connectivity index (χ1) is 8.56. The second-order valence-electron chi connectivity index (χ2n) is 4.90. The van der Waals surface area contributed by atoms with Crippen LogP contribution in [0.3, 0.4) is 0 Å². The molecule has 1 heterocycles. The van der Waals surface area contributed by atoms with Crippen molar-refractivity contribution in [3.63, 3.8) is 0 Å². The predicted molar refractivity (Wildman–Crippen MR) is 64.2 cm³/mol. The van der Waals surface area contributed by atoms with Gasteiger partial charge in [-0.05, 0) is 30.9 Å². The van der Waals surface area contributed by atoms with Crippen LogP contribution in [-0.2, 0) is 0 Å². The lowest BCUT2D eigenvalue weighted by Gasteiger charge is -2.04. The van der Waals surface area contributed by atoms with E-state index in [-0.39, 0.29) is 11.5 Å². The van der Waals surface area contributed by atoms with Crippen LogP contribution < -0.4 is 0 Å². The highest BCUT2D eigenvalue weighted by molar-refractivity contribution is 6.01. The first-order valence-corrected chi connectivity index (χ1v) is 5.98. The lowest BCUT2D eigenvalue weighted by atomic mass is 10.1. The van der Waals surface area contributed by atoms with Gasteiger partial charge in [0.25, 0.3) is 0 Å². The normalized spacial score (nSPS) is 17.0. The van der Waals surface area contributed by atoms with E-state index in [1.54, 1.807) is 0 Å². The van der Waals surface area contributed by atoms with E-state index in [1.165, 1.54) is 18.9 Å². The van der Waals surface area contributed by atoms with E-state index < -0.39 is 11.8 Å². The Morgan fingerprint density at radius 1 is 1.56 bits per heavy atom. The highest BCUT2D eigenvalue weighted by Gasteiger charge is 2.31. The zero-order valence-corrected chi connectivity index (χ0v) is 9.90. The van der Waals surface area contributed by atoms with Gasteiger partial charge in [0, 0.05) is 5.92 Å². The molecule has 1 aromatic carbocycles. The Morgan fingerprint density at radius 2 is 2.28 bits per heavy atom. The molecule has 0 amide bonds. The van der Waals surface area contributed by atoms with E-state index in [4.69, 9.17) is 5.11 Å². The molecule has 1 atom stereocenters. The van der Waals surface area contributed by atoms with Gasteiger partial charge in [0.2, 0.25) is 0 Å². The number of rotatable bonds is 3. The number of nitrogens with one attached hydrogen (secondary N) is 1. The predicted octanol–water partition coefficient (Wildman–Crippen LogP) is 2.91. The van der Waals surface area contributed by atoms with Crippen LogP contribution in [0.4, 0.5) is 4.39 Å². The number of hydrogen-bond acceptors (Lipinski definition) is 2. The minimum Gasteiger partial charge on any atom is -0.478 e. The fourth-order valence-corrected chi connectivity index (χ4v) is 2.30. The van der Waals surface area contributed by atoms with Crippen molar-refractivity contribution in [1.82, 2.24) is 9.97 Å². The Hall–Kier alpha value is -1.91. The molecule has 4 nitrogen and oxygen atoms in total. The van der Waals surface area contributed by atoms with E-state index >= 15 is 0 Å². The zero-order chi connectivity index (χ0) is 12.9. The van der Waals surface area contributed by atoms with Crippen LogP contribution in [0.5, 0.6) is 0 Å². The Kier molecular flexibility index (Phi) is 2.36. The number of hydrogen-bond donors (Lipinski definition) is 2. The molecule has 1 aliphatic rings. The molecular weight excluding hydrogens is 235 g/mol. The van der Waals surface area contributed by atoms with Crippen molar-refractivity contribution in [2.45, 2.75) is 25.7 Å². The van der Waals surface area contributed by atoms with Gasteiger partial charge in [-0.25, -0.2) is 14.2 Å². The number of aromatic nitrogens is 2. The van der Waals surface area contributed by atoms with Gasteiger partial charge in [0.15, 0.2) is 0 Å². The van der Waals surface area contributed by atoms with Crippen LogP contribution in [0, 0.1) is 11.7 Å². The number of aromatic carboxylic acids is 1. The minimum atomic E-state index is -1.16. The van der Waals surface area contributed by atoms with Crippen LogP contribution in [0.1, 0.15) is 41.9 Å². The number of nitrogens with zero attached hydrogens (tertiary/aromatic N) is 1. The van der Waals surface area contributed by atoms with Crippen molar-refractivity contribution in [1.29, 1.82) is 0 Å². The molecule has 1 aromatic heterocycles. The van der Waals surface area contributed by atoms with Crippen molar-refractivity contribution in [3.8, 4) is 0 Å². The summed E-state index contributed by atoms with van der Waals surface area (Å²) in [7, 11) is 0. The van der Waals surface area contributed by atoms with Crippen LogP contribution in [-0.4, -0.2) is 21.0 Å². The summed E-state index contributed by atoms with van der Waals surface area (Å²) < 4.78 is 13.3. The Labute approximate surface area is 103 Å². The molecule has 0 aliphatic heterocycles. The highest BCUT2D eigenvalue weighted by Crippen LogP contribution is 2.41. The Bertz CT molecular complexity index is 631. The van der Waals surface area contributed by atoms with Crippen molar-refractivity contribution < 1.29 is 14.3 Å². The SMILES string of the molecule is CC(c1nc2c(C(=O)O)cc(F)cc2[nH]1)C1CC1. The van der Waals surface area contributed by atoms with Crippen molar-refractivity contribution >= 4 is 17.0 Å². The van der Waals surface area contributed by atoms with Crippen molar-refractivity contribution in [2.75, 3.05) is 0 Å². The first kappa shape index (κ1) is 11.2. The second-order valence-corrected chi connectivity index (χ2v) is 4.90. The molecular formula is C13H13FN2O2. The quantitative estimate of drug-likeness (QED) is 0.877. The maximum absolute atomic E-state index is 13.3. The van der Waals surface area contributed by atoms with Gasteiger partial charge in [-0.3, -0.25) is 0 Å². The fraction of sp³-hybridized carbons (Fsp3) is 0.385. The van der Waals surface area contributed by atoms with Gasteiger partial charge in [-0.1, -0.05) is 6.92 Å². The molecule has 0 saturated heterocycles. The average molecular weight is 248 g/mol. The van der Waals surface area contributed by atoms with Crippen LogP contribution in [0.2, 0.25) is 0 Å². The van der Waals surface area contributed by atoms with E-state index in [9.17, 15) is 9.18 Å². The van der Waals surface area contributed by atoms with Gasteiger partial charge in [-0.2, -0.15) is 0 Å². The Balaban J connectivity index is 2.15. The maximum atomic E-state index is 13.3. The summed E-state index contributed by atoms with van der Waals surface area (Å²) >= 11 is 0. The first-order valence-electron chi connectivity index (χ1n) is 5.98. The molecule has 1 aliphatic carbocycles. The molecule has 5 heteroatoms. The molecule has 94 valence electrons. The molecule has 3 rings (SSSR count). The lowest BCUT2D eigenvalue weighted by molar-refractivity contribution is 0.0698. The maximum Gasteiger partial charge on any atom is 0.338 e. The largest absolute Gasteiger partial charge is 0.478 e. The topological polar surface area (TPSA) is 66.0 Å². The summed E-state index contributed by atoms with van der Waals surface area (Å²) in [5, 5.41) is 9.06. The Morgan fingerprint density at radius 3 is 2.89 bits per heavy atom. The smallest absolute Gasteiger partial charge is 0.338 e. The number of fused-ring (bicyclic) bond motifs is 1. The van der Waals surface area contributed by atoms with Crippen LogP contribution in [0.15, 0.2) is 12.1 Å². The summed E-state index contributed by atoms with van der Waals surface area (Å²) in [5.41, 5.74) is 0.705. The molecule has 2 N–H and O–H groups in total. The zero-order valence-electron chi connectivity index (χ0n) is 9.90. The monoisotopic (exact) mass is 248 g/mol. The standard InChI is InChI=1S/C13H13FN2O2/c1-6(7-2-3-7)12-15-10-5-8(14)4-9(13(17)18)11(10)16-12/h4-7H,2-3H2,1H3,(H,15,16)(H,17,18). The van der Waals surface area contributed by atoms with Crippen LogP contribution in [0.25, 0.3) is 11.0 Å². The van der Waals surface area contributed by atoms with Crippen molar-refractivity contribution in [2.24, 2.45) is 5.92 Å². The van der Waals surface area contributed by atoms with Crippen LogP contribution >= 0.6 is 0 Å².